The maximum atomic E-state index is 2.33. The van der Waals surface area contributed by atoms with Crippen LogP contribution in [0.15, 0.2) is 48.5 Å². The highest BCUT2D eigenvalue weighted by Crippen LogP contribution is 2.58. The number of aryl methyl sites for hydroxylation is 2. The van der Waals surface area contributed by atoms with Crippen LogP contribution in [0.3, 0.4) is 0 Å². The zero-order chi connectivity index (χ0) is 14.1. The SMILES string of the molecule is Cc1sc(C)c2c1C1c3ccccc3C2c2ccccc21. The van der Waals surface area contributed by atoms with E-state index in [1.807, 2.05) is 11.3 Å². The molecular weight excluding hydrogens is 272 g/mol. The van der Waals surface area contributed by atoms with Crippen LogP contribution in [0.5, 0.6) is 0 Å². The highest BCUT2D eigenvalue weighted by atomic mass is 32.1. The Kier molecular flexibility index (Phi) is 2.16. The minimum atomic E-state index is 0.447. The van der Waals surface area contributed by atoms with Crippen LogP contribution in [0, 0.1) is 13.8 Å². The highest BCUT2D eigenvalue weighted by Gasteiger charge is 2.43. The summed E-state index contributed by atoms with van der Waals surface area (Å²) in [6.45, 7) is 4.59. The van der Waals surface area contributed by atoms with E-state index >= 15 is 0 Å². The predicted molar refractivity (Wildman–Crippen MR) is 88.6 cm³/mol. The molecule has 0 radical (unpaired) electrons. The summed E-state index contributed by atoms with van der Waals surface area (Å²) in [4.78, 5) is 3.00. The lowest BCUT2D eigenvalue weighted by atomic mass is 9.61. The fourth-order valence-corrected chi connectivity index (χ4v) is 5.60. The van der Waals surface area contributed by atoms with Crippen LogP contribution in [-0.4, -0.2) is 0 Å². The molecule has 1 aromatic heterocycles. The molecule has 0 nitrogen and oxygen atoms in total. The fourth-order valence-electron chi connectivity index (χ4n) is 4.47. The Hall–Kier alpha value is -1.86. The van der Waals surface area contributed by atoms with Crippen molar-refractivity contribution in [3.8, 4) is 0 Å². The average Bonchev–Trinajstić information content (AvgIpc) is 2.83. The Morgan fingerprint density at radius 2 is 0.952 bits per heavy atom. The fraction of sp³-hybridized carbons (Fsp3) is 0.200. The van der Waals surface area contributed by atoms with Crippen LogP contribution in [0.2, 0.25) is 0 Å². The van der Waals surface area contributed by atoms with E-state index in [1.54, 1.807) is 11.1 Å². The van der Waals surface area contributed by atoms with Crippen LogP contribution in [0.25, 0.3) is 0 Å². The first-order valence-corrected chi connectivity index (χ1v) is 8.36. The first-order valence-electron chi connectivity index (χ1n) is 7.54. The molecule has 0 spiro atoms. The molecule has 3 aliphatic rings. The Morgan fingerprint density at radius 1 is 0.619 bits per heavy atom. The summed E-state index contributed by atoms with van der Waals surface area (Å²) in [5.74, 6) is 0.893. The lowest BCUT2D eigenvalue weighted by Gasteiger charge is -2.41. The second kappa shape index (κ2) is 3.86. The van der Waals surface area contributed by atoms with E-state index < -0.39 is 0 Å². The third-order valence-electron chi connectivity index (χ3n) is 5.17. The molecule has 1 heteroatoms. The van der Waals surface area contributed by atoms with Gasteiger partial charge >= 0.3 is 0 Å². The van der Waals surface area contributed by atoms with Gasteiger partial charge in [0.2, 0.25) is 0 Å². The molecular formula is C20H16S. The maximum Gasteiger partial charge on any atom is 0.0360 e. The van der Waals surface area contributed by atoms with Crippen molar-refractivity contribution >= 4 is 11.3 Å². The summed E-state index contributed by atoms with van der Waals surface area (Å²) in [7, 11) is 0. The molecule has 0 fully saturated rings. The van der Waals surface area contributed by atoms with E-state index in [4.69, 9.17) is 0 Å². The van der Waals surface area contributed by atoms with Crippen LogP contribution in [0.4, 0.5) is 0 Å². The smallest absolute Gasteiger partial charge is 0.0360 e. The molecule has 6 rings (SSSR count). The van der Waals surface area contributed by atoms with Crippen molar-refractivity contribution < 1.29 is 0 Å². The third-order valence-corrected chi connectivity index (χ3v) is 6.22. The van der Waals surface area contributed by atoms with Crippen LogP contribution in [0.1, 0.15) is 55.0 Å². The summed E-state index contributed by atoms with van der Waals surface area (Å²) < 4.78 is 0. The quantitative estimate of drug-likeness (QED) is 0.360. The van der Waals surface area contributed by atoms with Crippen molar-refractivity contribution in [2.75, 3.05) is 0 Å². The summed E-state index contributed by atoms with van der Waals surface area (Å²) >= 11 is 1.97. The Labute approximate surface area is 129 Å². The van der Waals surface area contributed by atoms with Gasteiger partial charge in [-0.05, 0) is 47.2 Å². The van der Waals surface area contributed by atoms with Gasteiger partial charge in [0.15, 0.2) is 0 Å². The number of thiophene rings is 1. The van der Waals surface area contributed by atoms with Crippen LogP contribution >= 0.6 is 11.3 Å². The minimum Gasteiger partial charge on any atom is -0.145 e. The van der Waals surface area contributed by atoms with Crippen LogP contribution < -0.4 is 0 Å². The van der Waals surface area contributed by atoms with Gasteiger partial charge in [0.05, 0.1) is 0 Å². The van der Waals surface area contributed by atoms with E-state index in [2.05, 4.69) is 62.4 Å². The third kappa shape index (κ3) is 1.31. The van der Waals surface area contributed by atoms with E-state index in [0.29, 0.717) is 11.8 Å². The molecule has 0 saturated heterocycles. The Bertz CT molecular complexity index is 767. The zero-order valence-electron chi connectivity index (χ0n) is 12.2. The Morgan fingerprint density at radius 3 is 1.29 bits per heavy atom. The van der Waals surface area contributed by atoms with Gasteiger partial charge < -0.3 is 0 Å². The van der Waals surface area contributed by atoms with Gasteiger partial charge in [-0.25, -0.2) is 0 Å². The molecule has 102 valence electrons. The molecule has 1 heterocycles. The van der Waals surface area contributed by atoms with Gasteiger partial charge in [0.25, 0.3) is 0 Å². The highest BCUT2D eigenvalue weighted by molar-refractivity contribution is 7.12. The van der Waals surface area contributed by atoms with E-state index in [0.717, 1.165) is 0 Å². The van der Waals surface area contributed by atoms with Crippen molar-refractivity contribution in [2.24, 2.45) is 0 Å². The number of benzene rings is 2. The van der Waals surface area contributed by atoms with Gasteiger partial charge in [0, 0.05) is 21.6 Å². The van der Waals surface area contributed by atoms with Crippen LogP contribution in [-0.2, 0) is 0 Å². The summed E-state index contributed by atoms with van der Waals surface area (Å²) in [5.41, 5.74) is 9.29. The molecule has 0 saturated carbocycles. The van der Waals surface area contributed by atoms with Crippen molar-refractivity contribution in [1.82, 2.24) is 0 Å². The average molecular weight is 288 g/mol. The lowest BCUT2D eigenvalue weighted by molar-refractivity contribution is 0.753. The summed E-state index contributed by atoms with van der Waals surface area (Å²) in [6, 6.07) is 18.1. The van der Waals surface area contributed by atoms with Gasteiger partial charge in [0.1, 0.15) is 0 Å². The molecule has 0 aliphatic heterocycles. The topological polar surface area (TPSA) is 0 Å². The molecule has 0 unspecified atom stereocenters. The number of hydrogen-bond acceptors (Lipinski definition) is 1. The second-order valence-corrected chi connectivity index (χ2v) is 7.59. The number of rotatable bonds is 0. The lowest BCUT2D eigenvalue weighted by Crippen LogP contribution is -2.27. The van der Waals surface area contributed by atoms with Gasteiger partial charge in [-0.3, -0.25) is 0 Å². The molecule has 3 aliphatic carbocycles. The Balaban J connectivity index is 1.95. The largest absolute Gasteiger partial charge is 0.145 e. The van der Waals surface area contributed by atoms with Crippen molar-refractivity contribution in [1.29, 1.82) is 0 Å². The molecule has 21 heavy (non-hydrogen) atoms. The predicted octanol–water partition coefficient (Wildman–Crippen LogP) is 5.35. The minimum absolute atomic E-state index is 0.447. The van der Waals surface area contributed by atoms with E-state index in [-0.39, 0.29) is 0 Å². The normalized spacial score (nSPS) is 20.9. The molecule has 0 amide bonds. The zero-order valence-corrected chi connectivity index (χ0v) is 13.0. The molecule has 0 N–H and O–H groups in total. The monoisotopic (exact) mass is 288 g/mol. The van der Waals surface area contributed by atoms with E-state index in [9.17, 15) is 0 Å². The summed E-state index contributed by atoms with van der Waals surface area (Å²) in [6.07, 6.45) is 0. The molecule has 2 aromatic carbocycles. The second-order valence-electron chi connectivity index (χ2n) is 6.17. The first-order chi connectivity index (χ1) is 10.3. The first kappa shape index (κ1) is 11.8. The van der Waals surface area contributed by atoms with Crippen molar-refractivity contribution in [3.63, 3.8) is 0 Å². The van der Waals surface area contributed by atoms with Gasteiger partial charge in [-0.15, -0.1) is 11.3 Å². The molecule has 3 aromatic rings. The number of hydrogen-bond donors (Lipinski definition) is 0. The molecule has 2 bridgehead atoms. The maximum absolute atomic E-state index is 2.33. The van der Waals surface area contributed by atoms with Crippen molar-refractivity contribution in [3.05, 3.63) is 91.7 Å². The summed E-state index contributed by atoms with van der Waals surface area (Å²) in [5, 5.41) is 0. The molecule has 0 atom stereocenters. The standard InChI is InChI=1S/C20H16S/c1-11-17-18(12(2)21-11)20-15-9-5-3-7-13(15)19(17)14-8-4-6-10-16(14)20/h3-10,19-20H,1-2H3. The van der Waals surface area contributed by atoms with Gasteiger partial charge in [-0.1, -0.05) is 48.5 Å². The van der Waals surface area contributed by atoms with E-state index in [1.165, 1.54) is 32.0 Å². The van der Waals surface area contributed by atoms with Gasteiger partial charge in [-0.2, -0.15) is 0 Å². The van der Waals surface area contributed by atoms with Crippen molar-refractivity contribution in [2.45, 2.75) is 25.7 Å².